The Bertz CT molecular complexity index is 1230. The van der Waals surface area contributed by atoms with Crippen LogP contribution in [0, 0.1) is 0 Å². The van der Waals surface area contributed by atoms with E-state index in [1.54, 1.807) is 0 Å². The van der Waals surface area contributed by atoms with Crippen molar-refractivity contribution in [3.05, 3.63) is 83.4 Å². The first kappa shape index (κ1) is 22.5. The number of carbonyl (C=O) groups is 1. The molecule has 0 N–H and O–H groups in total. The van der Waals surface area contributed by atoms with Crippen molar-refractivity contribution < 1.29 is 18.8 Å². The molecule has 0 amide bonds. The zero-order valence-electron chi connectivity index (χ0n) is 18.2. The number of hydrogen-bond acceptors (Lipinski definition) is 7. The Balaban J connectivity index is 1.45. The summed E-state index contributed by atoms with van der Waals surface area (Å²) in [5, 5.41) is 4.58. The highest BCUT2D eigenvalue weighted by molar-refractivity contribution is 6.33. The molecule has 0 radical (unpaired) electrons. The lowest BCUT2D eigenvalue weighted by Gasteiger charge is -2.15. The molecule has 0 atom stereocenters. The molecule has 0 unspecified atom stereocenters. The highest BCUT2D eigenvalue weighted by Crippen LogP contribution is 2.30. The topological polar surface area (TPSA) is 77.7 Å². The number of esters is 1. The zero-order valence-corrected chi connectivity index (χ0v) is 19.0. The summed E-state index contributed by atoms with van der Waals surface area (Å²) >= 11 is 6.49. The molecule has 1 heterocycles. The standard InChI is InChI=1S/C25H22ClN3O4/c1-29(16-23(30)31-2)15-17-8-13-21(22(26)14-17)24-27-25(33-28-24)18-9-11-20(12-10-18)32-19-6-4-3-5-7-19/h3-14H,15-16H2,1-2H3. The molecule has 33 heavy (non-hydrogen) atoms. The predicted molar refractivity (Wildman–Crippen MR) is 125 cm³/mol. The summed E-state index contributed by atoms with van der Waals surface area (Å²) < 4.78 is 16.0. The summed E-state index contributed by atoms with van der Waals surface area (Å²) in [6, 6.07) is 22.6. The van der Waals surface area contributed by atoms with Crippen LogP contribution in [0.1, 0.15) is 5.56 Å². The van der Waals surface area contributed by atoms with Crippen LogP contribution in [-0.4, -0.2) is 41.7 Å². The first-order chi connectivity index (χ1) is 16.0. The van der Waals surface area contributed by atoms with Crippen LogP contribution >= 0.6 is 11.6 Å². The lowest BCUT2D eigenvalue weighted by atomic mass is 10.1. The molecule has 1 aromatic heterocycles. The van der Waals surface area contributed by atoms with E-state index in [0.29, 0.717) is 34.6 Å². The van der Waals surface area contributed by atoms with Gasteiger partial charge in [0.25, 0.3) is 5.89 Å². The number of hydrogen-bond donors (Lipinski definition) is 0. The second kappa shape index (κ2) is 10.3. The molecule has 0 saturated carbocycles. The smallest absolute Gasteiger partial charge is 0.319 e. The maximum Gasteiger partial charge on any atom is 0.319 e. The monoisotopic (exact) mass is 463 g/mol. The fourth-order valence-electron chi connectivity index (χ4n) is 3.23. The number of aromatic nitrogens is 2. The normalized spacial score (nSPS) is 10.9. The molecule has 4 rings (SSSR count). The largest absolute Gasteiger partial charge is 0.468 e. The third-order valence-corrected chi connectivity index (χ3v) is 5.17. The first-order valence-corrected chi connectivity index (χ1v) is 10.6. The van der Waals surface area contributed by atoms with Gasteiger partial charge in [0.15, 0.2) is 0 Å². The van der Waals surface area contributed by atoms with Crippen LogP contribution in [-0.2, 0) is 16.1 Å². The molecule has 0 aliphatic heterocycles. The van der Waals surface area contributed by atoms with Gasteiger partial charge in [-0.15, -0.1) is 0 Å². The van der Waals surface area contributed by atoms with Crippen LogP contribution in [0.3, 0.4) is 0 Å². The Morgan fingerprint density at radius 2 is 1.76 bits per heavy atom. The molecule has 0 aliphatic carbocycles. The van der Waals surface area contributed by atoms with Gasteiger partial charge >= 0.3 is 5.97 Å². The number of halogens is 1. The van der Waals surface area contributed by atoms with Crippen molar-refractivity contribution in [2.75, 3.05) is 20.7 Å². The average Bonchev–Trinajstić information content (AvgIpc) is 3.30. The van der Waals surface area contributed by atoms with Gasteiger partial charge in [-0.05, 0) is 61.1 Å². The van der Waals surface area contributed by atoms with E-state index in [-0.39, 0.29) is 12.5 Å². The van der Waals surface area contributed by atoms with E-state index in [2.05, 4.69) is 10.1 Å². The highest BCUT2D eigenvalue weighted by atomic mass is 35.5. The van der Waals surface area contributed by atoms with Gasteiger partial charge in [0.2, 0.25) is 5.82 Å². The molecule has 0 spiro atoms. The lowest BCUT2D eigenvalue weighted by molar-refractivity contribution is -0.141. The highest BCUT2D eigenvalue weighted by Gasteiger charge is 2.15. The minimum absolute atomic E-state index is 0.194. The van der Waals surface area contributed by atoms with Gasteiger partial charge in [0.05, 0.1) is 18.7 Å². The van der Waals surface area contributed by atoms with Gasteiger partial charge in [0, 0.05) is 17.7 Å². The number of ether oxygens (including phenoxy) is 2. The summed E-state index contributed by atoms with van der Waals surface area (Å²) in [5.41, 5.74) is 2.38. The third kappa shape index (κ3) is 5.77. The summed E-state index contributed by atoms with van der Waals surface area (Å²) in [6.45, 7) is 0.739. The number of methoxy groups -OCH3 is 1. The molecule has 4 aromatic rings. The summed E-state index contributed by atoms with van der Waals surface area (Å²) in [7, 11) is 3.20. The number of carbonyl (C=O) groups excluding carboxylic acids is 1. The number of nitrogens with zero attached hydrogens (tertiary/aromatic N) is 3. The minimum atomic E-state index is -0.292. The van der Waals surface area contributed by atoms with Crippen LogP contribution in [0.5, 0.6) is 11.5 Å². The van der Waals surface area contributed by atoms with E-state index in [1.807, 2.05) is 84.7 Å². The van der Waals surface area contributed by atoms with Crippen LogP contribution in [0.15, 0.2) is 77.3 Å². The van der Waals surface area contributed by atoms with E-state index in [9.17, 15) is 4.79 Å². The van der Waals surface area contributed by atoms with Crippen LogP contribution in [0.2, 0.25) is 5.02 Å². The van der Waals surface area contributed by atoms with Crippen molar-refractivity contribution in [1.82, 2.24) is 15.0 Å². The Labute approximate surface area is 196 Å². The lowest BCUT2D eigenvalue weighted by Crippen LogP contribution is -2.26. The maximum absolute atomic E-state index is 11.4. The zero-order chi connectivity index (χ0) is 23.2. The van der Waals surface area contributed by atoms with Gasteiger partial charge in [-0.1, -0.05) is 41.0 Å². The molecule has 0 bridgehead atoms. The van der Waals surface area contributed by atoms with Gasteiger partial charge in [-0.2, -0.15) is 4.98 Å². The van der Waals surface area contributed by atoms with Crippen molar-refractivity contribution >= 4 is 17.6 Å². The Morgan fingerprint density at radius 1 is 1.03 bits per heavy atom. The van der Waals surface area contributed by atoms with Crippen molar-refractivity contribution in [3.63, 3.8) is 0 Å². The molecule has 3 aromatic carbocycles. The fourth-order valence-corrected chi connectivity index (χ4v) is 3.52. The summed E-state index contributed by atoms with van der Waals surface area (Å²) in [5.74, 6) is 1.96. The molecular formula is C25H22ClN3O4. The number of likely N-dealkylation sites (N-methyl/N-ethyl adjacent to an activating group) is 1. The molecule has 8 heteroatoms. The second-order valence-electron chi connectivity index (χ2n) is 7.43. The SMILES string of the molecule is COC(=O)CN(C)Cc1ccc(-c2noc(-c3ccc(Oc4ccccc4)cc3)n2)c(Cl)c1. The Morgan fingerprint density at radius 3 is 2.45 bits per heavy atom. The molecule has 0 aliphatic rings. The molecule has 0 fully saturated rings. The summed E-state index contributed by atoms with van der Waals surface area (Å²) in [6.07, 6.45) is 0. The van der Waals surface area contributed by atoms with E-state index in [0.717, 1.165) is 16.9 Å². The number of rotatable bonds is 8. The maximum atomic E-state index is 11.4. The summed E-state index contributed by atoms with van der Waals surface area (Å²) in [4.78, 5) is 17.7. The molecule has 168 valence electrons. The average molecular weight is 464 g/mol. The predicted octanol–water partition coefficient (Wildman–Crippen LogP) is 5.45. The Kier molecular flexibility index (Phi) is 7.02. The number of para-hydroxylation sites is 1. The van der Waals surface area contributed by atoms with Gasteiger partial charge in [-0.3, -0.25) is 9.69 Å². The first-order valence-electron chi connectivity index (χ1n) is 10.2. The van der Waals surface area contributed by atoms with E-state index in [4.69, 9.17) is 25.6 Å². The van der Waals surface area contributed by atoms with Gasteiger partial charge in [-0.25, -0.2) is 0 Å². The molecule has 0 saturated heterocycles. The molecular weight excluding hydrogens is 442 g/mol. The Hall–Kier alpha value is -3.68. The second-order valence-corrected chi connectivity index (χ2v) is 7.83. The van der Waals surface area contributed by atoms with Gasteiger partial charge in [0.1, 0.15) is 11.5 Å². The van der Waals surface area contributed by atoms with Crippen molar-refractivity contribution in [2.24, 2.45) is 0 Å². The van der Waals surface area contributed by atoms with Crippen LogP contribution in [0.25, 0.3) is 22.8 Å². The van der Waals surface area contributed by atoms with E-state index < -0.39 is 0 Å². The van der Waals surface area contributed by atoms with Crippen molar-refractivity contribution in [2.45, 2.75) is 6.54 Å². The number of benzene rings is 3. The van der Waals surface area contributed by atoms with Crippen molar-refractivity contribution in [1.29, 1.82) is 0 Å². The fraction of sp³-hybridized carbons (Fsp3) is 0.160. The van der Waals surface area contributed by atoms with E-state index >= 15 is 0 Å². The quantitative estimate of drug-likeness (QED) is 0.321. The van der Waals surface area contributed by atoms with E-state index in [1.165, 1.54) is 7.11 Å². The molecule has 7 nitrogen and oxygen atoms in total. The van der Waals surface area contributed by atoms with Crippen molar-refractivity contribution in [3.8, 4) is 34.3 Å². The van der Waals surface area contributed by atoms with Crippen LogP contribution < -0.4 is 4.74 Å². The minimum Gasteiger partial charge on any atom is -0.468 e. The van der Waals surface area contributed by atoms with Gasteiger partial charge < -0.3 is 14.0 Å². The van der Waals surface area contributed by atoms with Crippen LogP contribution in [0.4, 0.5) is 0 Å². The third-order valence-electron chi connectivity index (χ3n) is 4.86.